The summed E-state index contributed by atoms with van der Waals surface area (Å²) in [5.41, 5.74) is 1.68. The first-order valence-corrected chi connectivity index (χ1v) is 7.61. The summed E-state index contributed by atoms with van der Waals surface area (Å²) >= 11 is 0. The third-order valence-corrected chi connectivity index (χ3v) is 4.57. The lowest BCUT2D eigenvalue weighted by molar-refractivity contribution is -0.139. The summed E-state index contributed by atoms with van der Waals surface area (Å²) in [6, 6.07) is 1.93. The molecular formula is C13H19NO5S. The molecule has 1 rings (SSSR count). The van der Waals surface area contributed by atoms with Gasteiger partial charge in [-0.15, -0.1) is 0 Å². The molecular weight excluding hydrogens is 282 g/mol. The largest absolute Gasteiger partial charge is 0.495 e. The van der Waals surface area contributed by atoms with Gasteiger partial charge in [-0.1, -0.05) is 6.92 Å². The van der Waals surface area contributed by atoms with Crippen LogP contribution in [0.1, 0.15) is 24.5 Å². The molecule has 20 heavy (non-hydrogen) atoms. The lowest BCUT2D eigenvalue weighted by atomic mass is 10.1. The van der Waals surface area contributed by atoms with Crippen molar-refractivity contribution in [2.75, 3.05) is 7.11 Å². The molecule has 6 nitrogen and oxygen atoms in total. The van der Waals surface area contributed by atoms with Crippen LogP contribution < -0.4 is 9.46 Å². The highest BCUT2D eigenvalue weighted by atomic mass is 32.2. The quantitative estimate of drug-likeness (QED) is 0.829. The Balaban J connectivity index is 3.28. The van der Waals surface area contributed by atoms with E-state index in [-0.39, 0.29) is 17.1 Å². The van der Waals surface area contributed by atoms with Crippen molar-refractivity contribution in [3.8, 4) is 5.75 Å². The van der Waals surface area contributed by atoms with Gasteiger partial charge in [-0.2, -0.15) is 4.72 Å². The van der Waals surface area contributed by atoms with Crippen molar-refractivity contribution >= 4 is 16.0 Å². The lowest BCUT2D eigenvalue weighted by Crippen LogP contribution is -2.40. The molecule has 1 atom stereocenters. The molecule has 0 aliphatic heterocycles. The molecule has 1 unspecified atom stereocenters. The first-order chi connectivity index (χ1) is 9.22. The monoisotopic (exact) mass is 301 g/mol. The highest BCUT2D eigenvalue weighted by molar-refractivity contribution is 7.89. The number of carboxylic acid groups (broad SMARTS) is 1. The maximum absolute atomic E-state index is 12.3. The van der Waals surface area contributed by atoms with Crippen LogP contribution in [0.2, 0.25) is 0 Å². The van der Waals surface area contributed by atoms with E-state index in [1.165, 1.54) is 13.2 Å². The Hall–Kier alpha value is -1.60. The van der Waals surface area contributed by atoms with Crippen LogP contribution in [0, 0.1) is 13.8 Å². The van der Waals surface area contributed by atoms with Crippen LogP contribution in [0.3, 0.4) is 0 Å². The molecule has 0 spiro atoms. The van der Waals surface area contributed by atoms with Crippen molar-refractivity contribution in [1.82, 2.24) is 4.72 Å². The normalized spacial score (nSPS) is 13.0. The molecule has 2 N–H and O–H groups in total. The van der Waals surface area contributed by atoms with E-state index in [9.17, 15) is 13.2 Å². The first-order valence-electron chi connectivity index (χ1n) is 6.13. The topological polar surface area (TPSA) is 92.7 Å². The van der Waals surface area contributed by atoms with Gasteiger partial charge in [0.2, 0.25) is 10.0 Å². The summed E-state index contributed by atoms with van der Waals surface area (Å²) in [4.78, 5) is 10.9. The molecule has 0 amide bonds. The number of hydrogen-bond acceptors (Lipinski definition) is 4. The molecule has 112 valence electrons. The fraction of sp³-hybridized carbons (Fsp3) is 0.462. The standard InChI is InChI=1S/C13H19NO5S/c1-5-10(13(15)16)14-20(17,18)12-7-9(3)8(2)6-11(12)19-4/h6-7,10,14H,5H2,1-4H3,(H,15,16). The van der Waals surface area contributed by atoms with Crippen LogP contribution in [0.25, 0.3) is 0 Å². The molecule has 0 heterocycles. The number of methoxy groups -OCH3 is 1. The van der Waals surface area contributed by atoms with Gasteiger partial charge in [0.1, 0.15) is 16.7 Å². The minimum atomic E-state index is -3.95. The number of nitrogens with one attached hydrogen (secondary N) is 1. The summed E-state index contributed by atoms with van der Waals surface area (Å²) < 4.78 is 31.8. The number of hydrogen-bond donors (Lipinski definition) is 2. The molecule has 0 saturated carbocycles. The SMILES string of the molecule is CCC(NS(=O)(=O)c1cc(C)c(C)cc1OC)C(=O)O. The van der Waals surface area contributed by atoms with E-state index in [2.05, 4.69) is 4.72 Å². The third-order valence-electron chi connectivity index (χ3n) is 3.07. The Morgan fingerprint density at radius 1 is 1.35 bits per heavy atom. The van der Waals surface area contributed by atoms with Gasteiger partial charge in [0.05, 0.1) is 7.11 Å². The van der Waals surface area contributed by atoms with Crippen LogP contribution in [0.15, 0.2) is 17.0 Å². The fourth-order valence-corrected chi connectivity index (χ4v) is 3.20. The summed E-state index contributed by atoms with van der Waals surface area (Å²) in [7, 11) is -2.58. The zero-order chi connectivity index (χ0) is 15.5. The second-order valence-corrected chi connectivity index (χ2v) is 6.19. The van der Waals surface area contributed by atoms with Crippen LogP contribution >= 0.6 is 0 Å². The fourth-order valence-electron chi connectivity index (χ4n) is 1.69. The van der Waals surface area contributed by atoms with Gasteiger partial charge in [0.25, 0.3) is 0 Å². The van der Waals surface area contributed by atoms with Gasteiger partial charge < -0.3 is 9.84 Å². The number of rotatable bonds is 6. The van der Waals surface area contributed by atoms with Gasteiger partial charge in [-0.3, -0.25) is 4.79 Å². The van der Waals surface area contributed by atoms with E-state index in [4.69, 9.17) is 9.84 Å². The van der Waals surface area contributed by atoms with Gasteiger partial charge >= 0.3 is 5.97 Å². The summed E-state index contributed by atoms with van der Waals surface area (Å²) in [6.45, 7) is 5.22. The Bertz CT molecular complexity index is 609. The van der Waals surface area contributed by atoms with Crippen LogP contribution in [-0.2, 0) is 14.8 Å². The average molecular weight is 301 g/mol. The maximum atomic E-state index is 12.3. The first kappa shape index (κ1) is 16.5. The molecule has 0 aromatic heterocycles. The predicted octanol–water partition coefficient (Wildman–Crippen LogP) is 1.45. The number of carbonyl (C=O) groups is 1. The second-order valence-electron chi connectivity index (χ2n) is 4.51. The van der Waals surface area contributed by atoms with Crippen LogP contribution in [0.5, 0.6) is 5.75 Å². The molecule has 1 aromatic carbocycles. The van der Waals surface area contributed by atoms with Crippen molar-refractivity contribution in [2.24, 2.45) is 0 Å². The lowest BCUT2D eigenvalue weighted by Gasteiger charge is -2.16. The van der Waals surface area contributed by atoms with E-state index < -0.39 is 22.0 Å². The molecule has 7 heteroatoms. The Morgan fingerprint density at radius 2 is 1.90 bits per heavy atom. The molecule has 0 aliphatic carbocycles. The zero-order valence-electron chi connectivity index (χ0n) is 11.9. The second kappa shape index (κ2) is 6.23. The molecule has 0 bridgehead atoms. The number of sulfonamides is 1. The molecule has 1 aromatic rings. The smallest absolute Gasteiger partial charge is 0.321 e. The number of carboxylic acids is 1. The van der Waals surface area contributed by atoms with E-state index in [1.807, 2.05) is 6.92 Å². The zero-order valence-corrected chi connectivity index (χ0v) is 12.7. The van der Waals surface area contributed by atoms with Gasteiger partial charge in [-0.25, -0.2) is 8.42 Å². The van der Waals surface area contributed by atoms with Crippen LogP contribution in [0.4, 0.5) is 0 Å². The summed E-state index contributed by atoms with van der Waals surface area (Å²) in [5, 5.41) is 8.95. The highest BCUT2D eigenvalue weighted by Gasteiger charge is 2.26. The Kier molecular flexibility index (Phi) is 5.13. The van der Waals surface area contributed by atoms with Crippen molar-refractivity contribution in [3.05, 3.63) is 23.3 Å². The number of benzene rings is 1. The van der Waals surface area contributed by atoms with Crippen molar-refractivity contribution in [1.29, 1.82) is 0 Å². The Morgan fingerprint density at radius 3 is 2.35 bits per heavy atom. The molecule has 0 radical (unpaired) electrons. The molecule has 0 saturated heterocycles. The van der Waals surface area contributed by atoms with Gasteiger partial charge in [0, 0.05) is 0 Å². The van der Waals surface area contributed by atoms with Crippen molar-refractivity contribution in [3.63, 3.8) is 0 Å². The molecule has 0 aliphatic rings. The van der Waals surface area contributed by atoms with Gasteiger partial charge in [-0.05, 0) is 43.5 Å². The van der Waals surface area contributed by atoms with E-state index in [0.717, 1.165) is 11.1 Å². The third kappa shape index (κ3) is 3.49. The molecule has 0 fully saturated rings. The minimum Gasteiger partial charge on any atom is -0.495 e. The van der Waals surface area contributed by atoms with E-state index in [0.29, 0.717) is 0 Å². The maximum Gasteiger partial charge on any atom is 0.321 e. The highest BCUT2D eigenvalue weighted by Crippen LogP contribution is 2.27. The van der Waals surface area contributed by atoms with Crippen molar-refractivity contribution in [2.45, 2.75) is 38.1 Å². The van der Waals surface area contributed by atoms with Gasteiger partial charge in [0.15, 0.2) is 0 Å². The summed E-state index contributed by atoms with van der Waals surface area (Å²) in [6.07, 6.45) is 0.154. The van der Waals surface area contributed by atoms with Crippen molar-refractivity contribution < 1.29 is 23.1 Å². The minimum absolute atomic E-state index is 0.0530. The van der Waals surface area contributed by atoms with Crippen LogP contribution in [-0.4, -0.2) is 32.6 Å². The summed E-state index contributed by atoms with van der Waals surface area (Å²) in [5.74, 6) is -1.01. The number of aliphatic carboxylic acids is 1. The van der Waals surface area contributed by atoms with E-state index in [1.54, 1.807) is 19.9 Å². The Labute approximate surface area is 118 Å². The van der Waals surface area contributed by atoms with E-state index >= 15 is 0 Å². The average Bonchev–Trinajstić information content (AvgIpc) is 2.38. The predicted molar refractivity (Wildman–Crippen MR) is 74.5 cm³/mol. The number of ether oxygens (including phenoxy) is 1. The number of aryl methyl sites for hydroxylation is 2.